The van der Waals surface area contributed by atoms with E-state index in [1.807, 2.05) is 19.1 Å². The first-order valence-electron chi connectivity index (χ1n) is 10.1. The minimum Gasteiger partial charge on any atom is -0.377 e. The molecule has 8 heteroatoms. The zero-order chi connectivity index (χ0) is 21.5. The number of benzene rings is 1. The zero-order valence-corrected chi connectivity index (χ0v) is 17.2. The lowest BCUT2D eigenvalue weighted by atomic mass is 9.96. The Morgan fingerprint density at radius 1 is 1.19 bits per heavy atom. The van der Waals surface area contributed by atoms with Gasteiger partial charge < -0.3 is 9.64 Å². The number of anilines is 1. The molecular weight excluding hydrogens is 400 g/mol. The largest absolute Gasteiger partial charge is 0.377 e. The molecule has 31 heavy (non-hydrogen) atoms. The number of nitrogens with one attached hydrogen (secondary N) is 1. The fourth-order valence-corrected chi connectivity index (χ4v) is 4.11. The Morgan fingerprint density at radius 3 is 2.84 bits per heavy atom. The van der Waals surface area contributed by atoms with Crippen molar-refractivity contribution in [1.29, 1.82) is 0 Å². The van der Waals surface area contributed by atoms with Crippen molar-refractivity contribution in [3.8, 4) is 22.5 Å². The number of aromatic amines is 1. The Morgan fingerprint density at radius 2 is 2.06 bits per heavy atom. The SMILES string of the molecule is Cc1cnc(-c2ccn[nH]2)c2nc(N3CCOC[C@H]3C)cc(-c3cccc(F)c3F)c12. The first kappa shape index (κ1) is 19.6. The second-order valence-corrected chi connectivity index (χ2v) is 7.73. The van der Waals surface area contributed by atoms with Crippen molar-refractivity contribution in [1.82, 2.24) is 20.2 Å². The van der Waals surface area contributed by atoms with Gasteiger partial charge in [0.2, 0.25) is 0 Å². The maximum absolute atomic E-state index is 14.9. The molecular formula is C23H21F2N5O. The van der Waals surface area contributed by atoms with Crippen LogP contribution in [-0.2, 0) is 4.74 Å². The van der Waals surface area contributed by atoms with Crippen LogP contribution in [0, 0.1) is 18.6 Å². The van der Waals surface area contributed by atoms with Crippen LogP contribution in [-0.4, -0.2) is 46.0 Å². The Hall–Kier alpha value is -3.39. The first-order chi connectivity index (χ1) is 15.0. The molecule has 6 nitrogen and oxygen atoms in total. The minimum absolute atomic E-state index is 0.0947. The molecule has 1 saturated heterocycles. The van der Waals surface area contributed by atoms with Crippen LogP contribution in [0.4, 0.5) is 14.6 Å². The Kier molecular flexibility index (Phi) is 4.86. The number of hydrogen-bond donors (Lipinski definition) is 1. The van der Waals surface area contributed by atoms with Gasteiger partial charge in [-0.25, -0.2) is 13.8 Å². The molecule has 0 bridgehead atoms. The second kappa shape index (κ2) is 7.70. The van der Waals surface area contributed by atoms with Crippen LogP contribution in [0.5, 0.6) is 0 Å². The number of aryl methyl sites for hydroxylation is 1. The number of aromatic nitrogens is 4. The van der Waals surface area contributed by atoms with Gasteiger partial charge in [-0.2, -0.15) is 5.10 Å². The van der Waals surface area contributed by atoms with Gasteiger partial charge in [0.05, 0.1) is 24.9 Å². The highest BCUT2D eigenvalue weighted by Crippen LogP contribution is 2.38. The van der Waals surface area contributed by atoms with Gasteiger partial charge in [-0.15, -0.1) is 0 Å². The molecule has 1 aliphatic rings. The number of rotatable bonds is 3. The lowest BCUT2D eigenvalue weighted by Gasteiger charge is -2.34. The number of fused-ring (bicyclic) bond motifs is 1. The number of ether oxygens (including phenoxy) is 1. The summed E-state index contributed by atoms with van der Waals surface area (Å²) in [7, 11) is 0. The topological polar surface area (TPSA) is 66.9 Å². The second-order valence-electron chi connectivity index (χ2n) is 7.73. The van der Waals surface area contributed by atoms with Crippen LogP contribution in [0.25, 0.3) is 33.4 Å². The molecule has 4 aromatic rings. The standard InChI is InChI=1S/C23H21F2N5O/c1-13-11-26-22(18-6-7-27-29-18)23-20(13)16(15-4-3-5-17(24)21(15)25)10-19(28-23)30-8-9-31-12-14(30)2/h3-7,10-11,14H,8-9,12H2,1-2H3,(H,27,29)/t14-/m1/s1. The van der Waals surface area contributed by atoms with Gasteiger partial charge in [0.15, 0.2) is 11.6 Å². The van der Waals surface area contributed by atoms with E-state index in [2.05, 4.69) is 27.0 Å². The molecule has 3 aromatic heterocycles. The van der Waals surface area contributed by atoms with Gasteiger partial charge in [0.1, 0.15) is 17.0 Å². The van der Waals surface area contributed by atoms with E-state index in [1.54, 1.807) is 18.5 Å². The van der Waals surface area contributed by atoms with E-state index in [0.29, 0.717) is 48.0 Å². The highest BCUT2D eigenvalue weighted by Gasteiger charge is 2.25. The summed E-state index contributed by atoms with van der Waals surface area (Å²) in [6, 6.07) is 7.98. The summed E-state index contributed by atoms with van der Waals surface area (Å²) in [5.41, 5.74) is 3.52. The lowest BCUT2D eigenvalue weighted by molar-refractivity contribution is 0.0986. The number of nitrogens with zero attached hydrogens (tertiary/aromatic N) is 4. The van der Waals surface area contributed by atoms with Crippen molar-refractivity contribution in [3.05, 3.63) is 59.9 Å². The maximum Gasteiger partial charge on any atom is 0.166 e. The van der Waals surface area contributed by atoms with Gasteiger partial charge in [-0.1, -0.05) is 12.1 Å². The predicted octanol–water partition coefficient (Wildman–Crippen LogP) is 4.50. The van der Waals surface area contributed by atoms with Crippen molar-refractivity contribution < 1.29 is 13.5 Å². The van der Waals surface area contributed by atoms with E-state index in [-0.39, 0.29) is 11.6 Å². The van der Waals surface area contributed by atoms with E-state index >= 15 is 0 Å². The third kappa shape index (κ3) is 3.33. The molecule has 0 radical (unpaired) electrons. The lowest BCUT2D eigenvalue weighted by Crippen LogP contribution is -2.44. The average molecular weight is 421 g/mol. The van der Waals surface area contributed by atoms with E-state index in [9.17, 15) is 8.78 Å². The van der Waals surface area contributed by atoms with Gasteiger partial charge in [-0.05, 0) is 43.2 Å². The number of morpholine rings is 1. The minimum atomic E-state index is -0.885. The van der Waals surface area contributed by atoms with Crippen molar-refractivity contribution in [2.75, 3.05) is 24.7 Å². The normalized spacial score (nSPS) is 16.8. The highest BCUT2D eigenvalue weighted by molar-refractivity contribution is 6.03. The van der Waals surface area contributed by atoms with Crippen LogP contribution in [0.1, 0.15) is 12.5 Å². The van der Waals surface area contributed by atoms with Crippen LogP contribution < -0.4 is 4.90 Å². The van der Waals surface area contributed by atoms with Gasteiger partial charge in [-0.3, -0.25) is 10.1 Å². The van der Waals surface area contributed by atoms with E-state index in [4.69, 9.17) is 9.72 Å². The summed E-state index contributed by atoms with van der Waals surface area (Å²) < 4.78 is 34.6. The van der Waals surface area contributed by atoms with Gasteiger partial charge >= 0.3 is 0 Å². The van der Waals surface area contributed by atoms with Crippen LogP contribution in [0.3, 0.4) is 0 Å². The molecule has 1 N–H and O–H groups in total. The van der Waals surface area contributed by atoms with Crippen molar-refractivity contribution in [2.24, 2.45) is 0 Å². The number of H-pyrrole nitrogens is 1. The smallest absolute Gasteiger partial charge is 0.166 e. The first-order valence-corrected chi connectivity index (χ1v) is 10.1. The molecule has 0 aliphatic carbocycles. The Labute approximate surface area is 177 Å². The summed E-state index contributed by atoms with van der Waals surface area (Å²) in [5.74, 6) is -1.09. The molecule has 1 fully saturated rings. The Bertz CT molecular complexity index is 1260. The fourth-order valence-electron chi connectivity index (χ4n) is 4.11. The monoisotopic (exact) mass is 421 g/mol. The summed E-state index contributed by atoms with van der Waals surface area (Å²) in [6.07, 6.45) is 3.36. The zero-order valence-electron chi connectivity index (χ0n) is 17.2. The van der Waals surface area contributed by atoms with E-state index in [0.717, 1.165) is 17.0 Å². The van der Waals surface area contributed by atoms with Crippen molar-refractivity contribution in [2.45, 2.75) is 19.9 Å². The molecule has 1 aromatic carbocycles. The van der Waals surface area contributed by atoms with Crippen LogP contribution in [0.15, 0.2) is 42.7 Å². The number of hydrogen-bond acceptors (Lipinski definition) is 5. The quantitative estimate of drug-likeness (QED) is 0.528. The Balaban J connectivity index is 1.86. The third-order valence-electron chi connectivity index (χ3n) is 5.67. The number of pyridine rings is 2. The molecule has 0 spiro atoms. The maximum atomic E-state index is 14.9. The van der Waals surface area contributed by atoms with Gasteiger partial charge in [0.25, 0.3) is 0 Å². The van der Waals surface area contributed by atoms with Crippen molar-refractivity contribution >= 4 is 16.7 Å². The summed E-state index contributed by atoms with van der Waals surface area (Å²) in [4.78, 5) is 11.7. The summed E-state index contributed by atoms with van der Waals surface area (Å²) in [5, 5.41) is 7.69. The molecule has 5 rings (SSSR count). The third-order valence-corrected chi connectivity index (χ3v) is 5.67. The molecule has 158 valence electrons. The summed E-state index contributed by atoms with van der Waals surface area (Å²) in [6.45, 7) is 5.75. The van der Waals surface area contributed by atoms with E-state index < -0.39 is 11.6 Å². The predicted molar refractivity (Wildman–Crippen MR) is 115 cm³/mol. The molecule has 0 saturated carbocycles. The molecule has 4 heterocycles. The van der Waals surface area contributed by atoms with Gasteiger partial charge in [0, 0.05) is 29.9 Å². The van der Waals surface area contributed by atoms with Crippen molar-refractivity contribution in [3.63, 3.8) is 0 Å². The fraction of sp³-hybridized carbons (Fsp3) is 0.261. The molecule has 0 unspecified atom stereocenters. The van der Waals surface area contributed by atoms with Crippen LogP contribution in [0.2, 0.25) is 0 Å². The number of halogens is 2. The average Bonchev–Trinajstić information content (AvgIpc) is 3.30. The van der Waals surface area contributed by atoms with E-state index in [1.165, 1.54) is 6.07 Å². The molecule has 1 atom stereocenters. The molecule has 0 amide bonds. The summed E-state index contributed by atoms with van der Waals surface area (Å²) >= 11 is 0. The molecule has 1 aliphatic heterocycles. The van der Waals surface area contributed by atoms with Crippen LogP contribution >= 0.6 is 0 Å². The highest BCUT2D eigenvalue weighted by atomic mass is 19.2.